The number of carbonyl (C=O) groups is 4. The SMILES string of the molecule is COC(=O)[C@]12CCC(C)(C)C(=O)C1=C1C(=O)C=C3[C@@]4(C)CC[C@H](OC(C)=O)C(C)(C)[C@@H]4CC[C@@]3(C)[C@]1(C)CC2. The molecule has 0 unspecified atom stereocenters. The highest BCUT2D eigenvalue weighted by atomic mass is 16.5. The van der Waals surface area contributed by atoms with Crippen molar-refractivity contribution in [1.82, 2.24) is 0 Å². The molecule has 6 nitrogen and oxygen atoms in total. The minimum absolute atomic E-state index is 0.0724. The van der Waals surface area contributed by atoms with Crippen LogP contribution in [0.5, 0.6) is 0 Å². The number of hydrogen-bond donors (Lipinski definition) is 0. The molecular formula is C33H46O6. The van der Waals surface area contributed by atoms with E-state index in [1.807, 2.05) is 19.9 Å². The first kappa shape index (κ1) is 28.3. The van der Waals surface area contributed by atoms with E-state index in [1.54, 1.807) is 0 Å². The summed E-state index contributed by atoms with van der Waals surface area (Å²) in [6.07, 6.45) is 7.42. The number of ketones is 2. The van der Waals surface area contributed by atoms with Crippen molar-refractivity contribution in [2.45, 2.75) is 113 Å². The number of carbonyl (C=O) groups excluding carboxylic acids is 4. The van der Waals surface area contributed by atoms with E-state index in [1.165, 1.54) is 19.6 Å². The predicted octanol–water partition coefficient (Wildman–Crippen LogP) is 6.32. The van der Waals surface area contributed by atoms with Gasteiger partial charge in [0.25, 0.3) is 0 Å². The summed E-state index contributed by atoms with van der Waals surface area (Å²) in [5.41, 5.74) is -0.840. The Morgan fingerprint density at radius 2 is 1.46 bits per heavy atom. The molecule has 6 heteroatoms. The van der Waals surface area contributed by atoms with E-state index in [0.717, 1.165) is 25.7 Å². The molecule has 3 saturated carbocycles. The van der Waals surface area contributed by atoms with Gasteiger partial charge in [-0.15, -0.1) is 0 Å². The van der Waals surface area contributed by atoms with Gasteiger partial charge in [-0.05, 0) is 74.2 Å². The molecule has 0 amide bonds. The molecule has 0 saturated heterocycles. The fourth-order valence-corrected chi connectivity index (χ4v) is 9.98. The van der Waals surface area contributed by atoms with Crippen LogP contribution in [-0.2, 0) is 28.7 Å². The Hall–Kier alpha value is -2.24. The molecule has 0 aromatic rings. The third kappa shape index (κ3) is 3.45. The Kier molecular flexibility index (Phi) is 6.09. The summed E-state index contributed by atoms with van der Waals surface area (Å²) in [5, 5.41) is 0. The molecule has 0 aromatic carbocycles. The van der Waals surface area contributed by atoms with E-state index in [-0.39, 0.29) is 51.8 Å². The number of Topliss-reactive ketones (excluding diaryl/α,β-unsaturated/α-hetero) is 1. The van der Waals surface area contributed by atoms with Gasteiger partial charge in [0.05, 0.1) is 12.5 Å². The first-order chi connectivity index (χ1) is 17.9. The molecule has 5 aliphatic rings. The van der Waals surface area contributed by atoms with Crippen molar-refractivity contribution in [3.63, 3.8) is 0 Å². The molecule has 6 atom stereocenters. The average molecular weight is 539 g/mol. The molecule has 0 N–H and O–H groups in total. The summed E-state index contributed by atoms with van der Waals surface area (Å²) >= 11 is 0. The first-order valence-corrected chi connectivity index (χ1v) is 14.7. The van der Waals surface area contributed by atoms with E-state index < -0.39 is 16.2 Å². The van der Waals surface area contributed by atoms with Gasteiger partial charge in [0.15, 0.2) is 11.6 Å². The van der Waals surface area contributed by atoms with Crippen LogP contribution in [0.3, 0.4) is 0 Å². The van der Waals surface area contributed by atoms with Crippen molar-refractivity contribution < 1.29 is 28.7 Å². The van der Waals surface area contributed by atoms with Crippen LogP contribution in [0.2, 0.25) is 0 Å². The maximum Gasteiger partial charge on any atom is 0.316 e. The second-order valence-corrected chi connectivity index (χ2v) is 15.1. The van der Waals surface area contributed by atoms with E-state index in [9.17, 15) is 19.2 Å². The summed E-state index contributed by atoms with van der Waals surface area (Å²) in [7, 11) is 1.38. The molecular weight excluding hydrogens is 492 g/mol. The average Bonchev–Trinajstić information content (AvgIpc) is 2.84. The van der Waals surface area contributed by atoms with Gasteiger partial charge in [-0.2, -0.15) is 0 Å². The van der Waals surface area contributed by atoms with Crippen molar-refractivity contribution in [2.24, 2.45) is 38.4 Å². The lowest BCUT2D eigenvalue weighted by Gasteiger charge is -2.67. The van der Waals surface area contributed by atoms with Crippen LogP contribution in [0.4, 0.5) is 0 Å². The van der Waals surface area contributed by atoms with E-state index >= 15 is 0 Å². The van der Waals surface area contributed by atoms with Crippen LogP contribution in [0.25, 0.3) is 0 Å². The molecule has 0 aromatic heterocycles. The third-order valence-corrected chi connectivity index (χ3v) is 12.5. The van der Waals surface area contributed by atoms with Crippen LogP contribution in [0, 0.1) is 38.4 Å². The number of hydrogen-bond acceptors (Lipinski definition) is 6. The van der Waals surface area contributed by atoms with Crippen molar-refractivity contribution in [1.29, 1.82) is 0 Å². The minimum Gasteiger partial charge on any atom is -0.468 e. The van der Waals surface area contributed by atoms with E-state index in [4.69, 9.17) is 9.47 Å². The van der Waals surface area contributed by atoms with E-state index in [0.29, 0.717) is 36.8 Å². The van der Waals surface area contributed by atoms with Crippen molar-refractivity contribution in [3.05, 3.63) is 22.8 Å². The number of allylic oxidation sites excluding steroid dienone is 3. The smallest absolute Gasteiger partial charge is 0.316 e. The number of esters is 2. The molecule has 0 spiro atoms. The number of rotatable bonds is 2. The van der Waals surface area contributed by atoms with Gasteiger partial charge in [-0.3, -0.25) is 19.2 Å². The van der Waals surface area contributed by atoms with Gasteiger partial charge in [0, 0.05) is 34.3 Å². The highest BCUT2D eigenvalue weighted by Gasteiger charge is 2.69. The number of methoxy groups -OCH3 is 1. The molecule has 3 fully saturated rings. The van der Waals surface area contributed by atoms with Crippen LogP contribution < -0.4 is 0 Å². The first-order valence-electron chi connectivity index (χ1n) is 14.7. The van der Waals surface area contributed by atoms with Crippen LogP contribution in [0.1, 0.15) is 107 Å². The lowest BCUT2D eigenvalue weighted by Crippen LogP contribution is -2.62. The minimum atomic E-state index is -1.04. The Balaban J connectivity index is 1.71. The van der Waals surface area contributed by atoms with Gasteiger partial charge in [-0.1, -0.05) is 54.0 Å². The molecule has 5 aliphatic carbocycles. The summed E-state index contributed by atoms with van der Waals surface area (Å²) in [6.45, 7) is 16.5. The fraction of sp³-hybridized carbons (Fsp3) is 0.758. The standard InChI is InChI=1S/C33H46O6/c1-19(34)39-23-11-12-30(6)21(29(23,4)5)10-13-31(7)22(30)18-20(35)24-25-26(36)28(2,3)14-16-33(25,27(37)38-9)17-15-32(24,31)8/h18,21,23H,10-17H2,1-9H3/t21-,23-,30-,31+,32+,33-/m0/s1. The number of fused-ring (bicyclic) bond motifs is 6. The van der Waals surface area contributed by atoms with Crippen molar-refractivity contribution in [3.8, 4) is 0 Å². The molecule has 39 heavy (non-hydrogen) atoms. The summed E-state index contributed by atoms with van der Waals surface area (Å²) in [5.74, 6) is -0.562. The van der Waals surface area contributed by atoms with Crippen LogP contribution >= 0.6 is 0 Å². The molecule has 5 rings (SSSR count). The van der Waals surface area contributed by atoms with Crippen molar-refractivity contribution in [2.75, 3.05) is 7.11 Å². The zero-order chi connectivity index (χ0) is 29.0. The maximum absolute atomic E-state index is 14.4. The Morgan fingerprint density at radius 1 is 0.821 bits per heavy atom. The van der Waals surface area contributed by atoms with Gasteiger partial charge in [-0.25, -0.2) is 0 Å². The quantitative estimate of drug-likeness (QED) is 0.383. The molecule has 0 bridgehead atoms. The lowest BCUT2D eigenvalue weighted by atomic mass is 9.36. The fourth-order valence-electron chi connectivity index (χ4n) is 9.98. The molecule has 0 radical (unpaired) electrons. The van der Waals surface area contributed by atoms with Crippen LogP contribution in [0.15, 0.2) is 22.8 Å². The molecule has 0 aliphatic heterocycles. The predicted molar refractivity (Wildman–Crippen MR) is 147 cm³/mol. The Bertz CT molecular complexity index is 1230. The Labute approximate surface area is 233 Å². The second kappa shape index (κ2) is 8.39. The Morgan fingerprint density at radius 3 is 2.08 bits per heavy atom. The highest BCUT2D eigenvalue weighted by molar-refractivity contribution is 6.17. The largest absolute Gasteiger partial charge is 0.468 e. The zero-order valence-electron chi connectivity index (χ0n) is 25.3. The summed E-state index contributed by atoms with van der Waals surface area (Å²) < 4.78 is 11.1. The van der Waals surface area contributed by atoms with Crippen LogP contribution in [-0.4, -0.2) is 36.7 Å². The monoisotopic (exact) mass is 538 g/mol. The van der Waals surface area contributed by atoms with E-state index in [2.05, 4.69) is 34.6 Å². The van der Waals surface area contributed by atoms with Gasteiger partial charge in [0.1, 0.15) is 6.10 Å². The topological polar surface area (TPSA) is 86.7 Å². The number of ether oxygens (including phenoxy) is 2. The maximum atomic E-state index is 14.4. The summed E-state index contributed by atoms with van der Waals surface area (Å²) in [6, 6.07) is 0. The van der Waals surface area contributed by atoms with Crippen molar-refractivity contribution >= 4 is 23.5 Å². The van der Waals surface area contributed by atoms with Gasteiger partial charge in [0.2, 0.25) is 0 Å². The molecule has 0 heterocycles. The lowest BCUT2D eigenvalue weighted by molar-refractivity contribution is -0.172. The normalized spacial score (nSPS) is 42.3. The zero-order valence-corrected chi connectivity index (χ0v) is 25.3. The van der Waals surface area contributed by atoms with Gasteiger partial charge < -0.3 is 9.47 Å². The third-order valence-electron chi connectivity index (χ3n) is 12.5. The second-order valence-electron chi connectivity index (χ2n) is 15.1. The summed E-state index contributed by atoms with van der Waals surface area (Å²) in [4.78, 5) is 53.8. The highest BCUT2D eigenvalue weighted by Crippen LogP contribution is 2.73. The van der Waals surface area contributed by atoms with Gasteiger partial charge >= 0.3 is 11.9 Å². The molecule has 214 valence electrons.